The van der Waals surface area contributed by atoms with E-state index >= 15 is 0 Å². The fraction of sp³-hybridized carbons (Fsp3) is 0.0833. The number of hydrogen-bond acceptors (Lipinski definition) is 6. The van der Waals surface area contributed by atoms with Crippen LogP contribution in [0.5, 0.6) is 11.5 Å². The SMILES string of the molecule is CNc1c(N)ncc(Oc2cnc3[nH]ncc3c2)c1Cl. The summed E-state index contributed by atoms with van der Waals surface area (Å²) in [7, 11) is 1.71. The summed E-state index contributed by atoms with van der Waals surface area (Å²) in [5, 5.41) is 10.8. The van der Waals surface area contributed by atoms with Gasteiger partial charge in [0.25, 0.3) is 0 Å². The van der Waals surface area contributed by atoms with Crippen molar-refractivity contribution in [3.8, 4) is 11.5 Å². The zero-order chi connectivity index (χ0) is 14.1. The van der Waals surface area contributed by atoms with E-state index in [9.17, 15) is 0 Å². The quantitative estimate of drug-likeness (QED) is 0.685. The van der Waals surface area contributed by atoms with E-state index in [2.05, 4.69) is 25.5 Å². The molecule has 20 heavy (non-hydrogen) atoms. The lowest BCUT2D eigenvalue weighted by molar-refractivity contribution is 0.479. The van der Waals surface area contributed by atoms with E-state index < -0.39 is 0 Å². The molecule has 0 saturated carbocycles. The third-order valence-electron chi connectivity index (χ3n) is 2.76. The van der Waals surface area contributed by atoms with Gasteiger partial charge >= 0.3 is 0 Å². The highest BCUT2D eigenvalue weighted by atomic mass is 35.5. The number of aromatic nitrogens is 4. The lowest BCUT2D eigenvalue weighted by Gasteiger charge is -2.11. The maximum atomic E-state index is 6.21. The minimum absolute atomic E-state index is 0.313. The second kappa shape index (κ2) is 4.86. The maximum absolute atomic E-state index is 6.21. The van der Waals surface area contributed by atoms with Gasteiger partial charge in [-0.3, -0.25) is 5.10 Å². The fourth-order valence-corrected chi connectivity index (χ4v) is 2.07. The monoisotopic (exact) mass is 290 g/mol. The summed E-state index contributed by atoms with van der Waals surface area (Å²) in [5.74, 6) is 1.25. The molecule has 0 bridgehead atoms. The Bertz CT molecular complexity index is 772. The summed E-state index contributed by atoms with van der Waals surface area (Å²) < 4.78 is 5.69. The summed E-state index contributed by atoms with van der Waals surface area (Å²) in [6.07, 6.45) is 4.71. The average molecular weight is 291 g/mol. The van der Waals surface area contributed by atoms with Gasteiger partial charge in [-0.1, -0.05) is 11.6 Å². The predicted octanol–water partition coefficient (Wildman–Crippen LogP) is 2.42. The third kappa shape index (κ3) is 2.08. The Morgan fingerprint density at radius 3 is 2.95 bits per heavy atom. The highest BCUT2D eigenvalue weighted by Crippen LogP contribution is 2.37. The molecule has 0 aliphatic heterocycles. The van der Waals surface area contributed by atoms with Crippen LogP contribution in [0.2, 0.25) is 5.02 Å². The van der Waals surface area contributed by atoms with Crippen molar-refractivity contribution in [1.82, 2.24) is 20.2 Å². The van der Waals surface area contributed by atoms with E-state index in [-0.39, 0.29) is 0 Å². The summed E-state index contributed by atoms with van der Waals surface area (Å²) in [5.41, 5.74) is 6.94. The zero-order valence-electron chi connectivity index (χ0n) is 10.5. The van der Waals surface area contributed by atoms with Gasteiger partial charge in [0.2, 0.25) is 0 Å². The topological polar surface area (TPSA) is 102 Å². The first-order valence-corrected chi connectivity index (χ1v) is 6.15. The molecule has 0 spiro atoms. The van der Waals surface area contributed by atoms with Gasteiger partial charge in [-0.2, -0.15) is 5.10 Å². The van der Waals surface area contributed by atoms with Gasteiger partial charge in [0.05, 0.1) is 24.3 Å². The fourth-order valence-electron chi connectivity index (χ4n) is 1.79. The largest absolute Gasteiger partial charge is 0.452 e. The van der Waals surface area contributed by atoms with Crippen LogP contribution in [0, 0.1) is 0 Å². The van der Waals surface area contributed by atoms with Gasteiger partial charge in [0.15, 0.2) is 11.4 Å². The molecule has 0 aliphatic carbocycles. The van der Waals surface area contributed by atoms with E-state index in [4.69, 9.17) is 22.1 Å². The molecule has 0 unspecified atom stereocenters. The molecule has 0 atom stereocenters. The number of aromatic amines is 1. The standard InChI is InChI=1S/C12H11ClN6O/c1-15-10-9(13)8(5-16-11(10)14)20-7-2-6-3-18-19-12(6)17-4-7/h2-5,15H,1H3,(H2,14,16)(H,17,18,19). The van der Waals surface area contributed by atoms with Crippen molar-refractivity contribution >= 4 is 34.1 Å². The predicted molar refractivity (Wildman–Crippen MR) is 77.2 cm³/mol. The van der Waals surface area contributed by atoms with E-state index in [1.165, 1.54) is 6.20 Å². The number of nitrogens with one attached hydrogen (secondary N) is 2. The molecule has 3 aromatic heterocycles. The average Bonchev–Trinajstić information content (AvgIpc) is 2.90. The summed E-state index contributed by atoms with van der Waals surface area (Å²) >= 11 is 6.21. The molecule has 7 nitrogen and oxygen atoms in total. The van der Waals surface area contributed by atoms with Crippen LogP contribution in [-0.2, 0) is 0 Å². The number of fused-ring (bicyclic) bond motifs is 1. The molecule has 3 rings (SSSR count). The van der Waals surface area contributed by atoms with Gasteiger partial charge in [-0.05, 0) is 6.07 Å². The van der Waals surface area contributed by atoms with Crippen LogP contribution < -0.4 is 15.8 Å². The van der Waals surface area contributed by atoms with Crippen LogP contribution in [0.1, 0.15) is 0 Å². The number of nitrogen functional groups attached to an aromatic ring is 1. The number of H-pyrrole nitrogens is 1. The number of anilines is 2. The molecule has 102 valence electrons. The van der Waals surface area contributed by atoms with Gasteiger partial charge in [-0.15, -0.1) is 0 Å². The molecule has 3 aromatic rings. The molecule has 8 heteroatoms. The van der Waals surface area contributed by atoms with Crippen molar-refractivity contribution in [2.45, 2.75) is 0 Å². The molecule has 0 aliphatic rings. The maximum Gasteiger partial charge on any atom is 0.166 e. The van der Waals surface area contributed by atoms with Crippen molar-refractivity contribution in [2.24, 2.45) is 0 Å². The highest BCUT2D eigenvalue weighted by Gasteiger charge is 2.12. The molecule has 0 saturated heterocycles. The molecule has 4 N–H and O–H groups in total. The van der Waals surface area contributed by atoms with Crippen molar-refractivity contribution < 1.29 is 4.74 Å². The number of pyridine rings is 2. The van der Waals surface area contributed by atoms with Crippen LogP contribution in [-0.4, -0.2) is 27.2 Å². The number of ether oxygens (including phenoxy) is 1. The number of rotatable bonds is 3. The highest BCUT2D eigenvalue weighted by molar-refractivity contribution is 6.35. The molecule has 0 fully saturated rings. The van der Waals surface area contributed by atoms with E-state index in [1.54, 1.807) is 25.5 Å². The first-order chi connectivity index (χ1) is 9.69. The van der Waals surface area contributed by atoms with Gasteiger partial charge in [0.1, 0.15) is 16.6 Å². The molecular weight excluding hydrogens is 280 g/mol. The Kier molecular flexibility index (Phi) is 3.03. The Labute approximate surface area is 119 Å². The number of hydrogen-bond donors (Lipinski definition) is 3. The van der Waals surface area contributed by atoms with Crippen LogP contribution in [0.3, 0.4) is 0 Å². The minimum Gasteiger partial charge on any atom is -0.452 e. The number of nitrogens with zero attached hydrogens (tertiary/aromatic N) is 3. The van der Waals surface area contributed by atoms with E-state index in [0.717, 1.165) is 5.39 Å². The molecule has 0 radical (unpaired) electrons. The summed E-state index contributed by atoms with van der Waals surface area (Å²) in [4.78, 5) is 8.21. The first-order valence-electron chi connectivity index (χ1n) is 5.77. The second-order valence-electron chi connectivity index (χ2n) is 4.03. The molecule has 0 amide bonds. The second-order valence-corrected chi connectivity index (χ2v) is 4.41. The Morgan fingerprint density at radius 1 is 1.30 bits per heavy atom. The van der Waals surface area contributed by atoms with Crippen molar-refractivity contribution in [3.63, 3.8) is 0 Å². The lowest BCUT2D eigenvalue weighted by atomic mass is 10.3. The van der Waals surface area contributed by atoms with Gasteiger partial charge < -0.3 is 15.8 Å². The van der Waals surface area contributed by atoms with Gasteiger partial charge in [0, 0.05) is 12.4 Å². The van der Waals surface area contributed by atoms with Crippen LogP contribution in [0.4, 0.5) is 11.5 Å². The molecule has 0 aromatic carbocycles. The molecular formula is C12H11ClN6O. The Hall–Kier alpha value is -2.54. The normalized spacial score (nSPS) is 10.7. The van der Waals surface area contributed by atoms with Crippen molar-refractivity contribution in [3.05, 3.63) is 29.7 Å². The lowest BCUT2D eigenvalue weighted by Crippen LogP contribution is -2.00. The van der Waals surface area contributed by atoms with Crippen LogP contribution in [0.15, 0.2) is 24.7 Å². The Morgan fingerprint density at radius 2 is 2.15 bits per heavy atom. The van der Waals surface area contributed by atoms with Crippen LogP contribution in [0.25, 0.3) is 11.0 Å². The zero-order valence-corrected chi connectivity index (χ0v) is 11.3. The number of halogens is 1. The first kappa shape index (κ1) is 12.5. The smallest absolute Gasteiger partial charge is 0.166 e. The minimum atomic E-state index is 0.313. The molecule has 3 heterocycles. The third-order valence-corrected chi connectivity index (χ3v) is 3.13. The van der Waals surface area contributed by atoms with E-state index in [1.807, 2.05) is 0 Å². The van der Waals surface area contributed by atoms with E-state index in [0.29, 0.717) is 33.7 Å². The van der Waals surface area contributed by atoms with Gasteiger partial charge in [-0.25, -0.2) is 9.97 Å². The van der Waals surface area contributed by atoms with Crippen molar-refractivity contribution in [1.29, 1.82) is 0 Å². The summed E-state index contributed by atoms with van der Waals surface area (Å²) in [6.45, 7) is 0. The number of nitrogens with two attached hydrogens (primary N) is 1. The van der Waals surface area contributed by atoms with Crippen molar-refractivity contribution in [2.75, 3.05) is 18.1 Å². The van der Waals surface area contributed by atoms with Crippen LogP contribution >= 0.6 is 11.6 Å². The Balaban J connectivity index is 1.98. The summed E-state index contributed by atoms with van der Waals surface area (Å²) in [6, 6.07) is 1.80.